The zero-order chi connectivity index (χ0) is 17.3. The molecule has 5 nitrogen and oxygen atoms in total. The number of hydrogen-bond acceptors (Lipinski definition) is 3. The van der Waals surface area contributed by atoms with Crippen LogP contribution < -0.4 is 5.32 Å². The van der Waals surface area contributed by atoms with E-state index in [2.05, 4.69) is 31.3 Å². The van der Waals surface area contributed by atoms with Crippen LogP contribution in [0.4, 0.5) is 5.69 Å². The van der Waals surface area contributed by atoms with Gasteiger partial charge in [-0.15, -0.1) is 0 Å². The molecule has 0 saturated carbocycles. The Morgan fingerprint density at radius 3 is 2.42 bits per heavy atom. The second-order valence-corrected chi connectivity index (χ2v) is 6.38. The molecule has 0 radical (unpaired) electrons. The molecular weight excluding hydrogens is 368 g/mol. The van der Waals surface area contributed by atoms with Gasteiger partial charge in [0.2, 0.25) is 0 Å². The fraction of sp³-hybridized carbons (Fsp3) is 0.167. The van der Waals surface area contributed by atoms with Gasteiger partial charge in [0, 0.05) is 23.1 Å². The van der Waals surface area contributed by atoms with Crippen molar-refractivity contribution in [3.8, 4) is 5.69 Å². The molecule has 0 unspecified atom stereocenters. The van der Waals surface area contributed by atoms with Crippen LogP contribution in [0.5, 0.6) is 0 Å². The number of carbonyl (C=O) groups is 1. The van der Waals surface area contributed by atoms with E-state index in [0.717, 1.165) is 32.9 Å². The molecular formula is C18H17BrN4O. The van der Waals surface area contributed by atoms with E-state index in [4.69, 9.17) is 0 Å². The summed E-state index contributed by atoms with van der Waals surface area (Å²) >= 11 is 3.53. The van der Waals surface area contributed by atoms with E-state index in [0.29, 0.717) is 5.56 Å². The maximum absolute atomic E-state index is 12.3. The van der Waals surface area contributed by atoms with Crippen molar-refractivity contribution in [2.45, 2.75) is 20.8 Å². The Bertz CT molecular complexity index is 900. The van der Waals surface area contributed by atoms with E-state index in [1.165, 1.54) is 0 Å². The average Bonchev–Trinajstić information content (AvgIpc) is 2.82. The van der Waals surface area contributed by atoms with E-state index in [9.17, 15) is 4.79 Å². The Balaban J connectivity index is 1.81. The van der Waals surface area contributed by atoms with Gasteiger partial charge in [0.1, 0.15) is 0 Å². The van der Waals surface area contributed by atoms with Crippen molar-refractivity contribution in [2.75, 3.05) is 5.32 Å². The Morgan fingerprint density at radius 1 is 1.12 bits per heavy atom. The van der Waals surface area contributed by atoms with Gasteiger partial charge in [0.05, 0.1) is 21.5 Å². The van der Waals surface area contributed by atoms with Crippen molar-refractivity contribution in [3.05, 3.63) is 69.7 Å². The summed E-state index contributed by atoms with van der Waals surface area (Å²) in [6, 6.07) is 11.0. The molecule has 3 rings (SSSR count). The Hall–Kier alpha value is -2.47. The Morgan fingerprint density at radius 2 is 1.83 bits per heavy atom. The first-order chi connectivity index (χ1) is 11.5. The first-order valence-corrected chi connectivity index (χ1v) is 8.31. The van der Waals surface area contributed by atoms with Crippen molar-refractivity contribution in [1.29, 1.82) is 0 Å². The van der Waals surface area contributed by atoms with Crippen LogP contribution in [-0.2, 0) is 0 Å². The molecule has 0 aliphatic heterocycles. The highest BCUT2D eigenvalue weighted by molar-refractivity contribution is 9.10. The number of rotatable bonds is 3. The minimum absolute atomic E-state index is 0.151. The summed E-state index contributed by atoms with van der Waals surface area (Å²) in [6.07, 6.45) is 1.68. The monoisotopic (exact) mass is 384 g/mol. The Labute approximate surface area is 148 Å². The molecule has 1 aromatic carbocycles. The predicted molar refractivity (Wildman–Crippen MR) is 97.7 cm³/mol. The van der Waals surface area contributed by atoms with Gasteiger partial charge >= 0.3 is 0 Å². The van der Waals surface area contributed by atoms with Crippen LogP contribution in [0.1, 0.15) is 27.4 Å². The highest BCUT2D eigenvalue weighted by Crippen LogP contribution is 2.23. The summed E-state index contributed by atoms with van der Waals surface area (Å²) in [6.45, 7) is 5.83. The summed E-state index contributed by atoms with van der Waals surface area (Å²) in [5.74, 6) is -0.151. The molecule has 0 atom stereocenters. The number of benzene rings is 1. The number of aromatic nitrogens is 3. The van der Waals surface area contributed by atoms with Crippen LogP contribution in [0.3, 0.4) is 0 Å². The number of hydrogen-bond donors (Lipinski definition) is 1. The van der Waals surface area contributed by atoms with E-state index in [-0.39, 0.29) is 5.91 Å². The third-order valence-corrected chi connectivity index (χ3v) is 4.88. The van der Waals surface area contributed by atoms with E-state index in [1.807, 2.05) is 43.7 Å². The summed E-state index contributed by atoms with van der Waals surface area (Å²) in [7, 11) is 0. The van der Waals surface area contributed by atoms with Crippen LogP contribution in [0, 0.1) is 20.8 Å². The van der Waals surface area contributed by atoms with Crippen LogP contribution in [0.15, 0.2) is 47.1 Å². The predicted octanol–water partition coefficient (Wildman–Crippen LogP) is 4.21. The summed E-state index contributed by atoms with van der Waals surface area (Å²) in [4.78, 5) is 16.5. The summed E-state index contributed by atoms with van der Waals surface area (Å²) < 4.78 is 2.85. The van der Waals surface area contributed by atoms with Crippen molar-refractivity contribution in [2.24, 2.45) is 0 Å². The van der Waals surface area contributed by atoms with Crippen LogP contribution in [0.25, 0.3) is 5.69 Å². The summed E-state index contributed by atoms with van der Waals surface area (Å²) in [5, 5.41) is 7.37. The van der Waals surface area contributed by atoms with Gasteiger partial charge < -0.3 is 5.32 Å². The van der Waals surface area contributed by atoms with Gasteiger partial charge in [-0.2, -0.15) is 5.10 Å². The molecule has 1 amide bonds. The second-order valence-electron chi connectivity index (χ2n) is 5.58. The van der Waals surface area contributed by atoms with Crippen LogP contribution >= 0.6 is 15.9 Å². The van der Waals surface area contributed by atoms with Gasteiger partial charge in [-0.25, -0.2) is 4.68 Å². The van der Waals surface area contributed by atoms with E-state index < -0.39 is 0 Å². The second kappa shape index (κ2) is 6.57. The molecule has 3 aromatic rings. The van der Waals surface area contributed by atoms with E-state index in [1.54, 1.807) is 24.4 Å². The molecule has 122 valence electrons. The first-order valence-electron chi connectivity index (χ1n) is 7.52. The number of carbonyl (C=O) groups excluding carboxylic acids is 1. The van der Waals surface area contributed by atoms with E-state index >= 15 is 0 Å². The average molecular weight is 385 g/mol. The van der Waals surface area contributed by atoms with Gasteiger partial charge in [-0.3, -0.25) is 9.78 Å². The third kappa shape index (κ3) is 3.23. The topological polar surface area (TPSA) is 59.8 Å². The van der Waals surface area contributed by atoms with Gasteiger partial charge in [-0.1, -0.05) is 0 Å². The third-order valence-electron chi connectivity index (χ3n) is 3.73. The molecule has 1 N–H and O–H groups in total. The summed E-state index contributed by atoms with van der Waals surface area (Å²) in [5.41, 5.74) is 5.06. The fourth-order valence-corrected chi connectivity index (χ4v) is 2.70. The molecule has 0 aliphatic carbocycles. The minimum atomic E-state index is -0.151. The zero-order valence-electron chi connectivity index (χ0n) is 13.7. The number of nitrogens with zero attached hydrogens (tertiary/aromatic N) is 3. The molecule has 0 aliphatic rings. The number of halogens is 1. The molecule has 0 saturated heterocycles. The lowest BCUT2D eigenvalue weighted by Gasteiger charge is -2.08. The maximum atomic E-state index is 12.3. The normalized spacial score (nSPS) is 10.7. The number of aryl methyl sites for hydroxylation is 2. The zero-order valence-corrected chi connectivity index (χ0v) is 15.3. The minimum Gasteiger partial charge on any atom is -0.322 e. The number of nitrogens with one attached hydrogen (secondary N) is 1. The number of amides is 1. The van der Waals surface area contributed by atoms with Crippen molar-refractivity contribution < 1.29 is 4.79 Å². The SMILES string of the molecule is Cc1cc(NC(=O)c2ccc(-n3nc(C)c(Br)c3C)cc2)ccn1. The van der Waals surface area contributed by atoms with Crippen LogP contribution in [-0.4, -0.2) is 20.7 Å². The first kappa shape index (κ1) is 16.4. The molecule has 0 bridgehead atoms. The van der Waals surface area contributed by atoms with Crippen molar-refractivity contribution in [1.82, 2.24) is 14.8 Å². The highest BCUT2D eigenvalue weighted by atomic mass is 79.9. The molecule has 0 fully saturated rings. The Kier molecular flexibility index (Phi) is 4.49. The smallest absolute Gasteiger partial charge is 0.255 e. The van der Waals surface area contributed by atoms with Gasteiger partial charge in [-0.05, 0) is 73.1 Å². The standard InChI is InChI=1S/C18H17BrN4O/c1-11-10-15(8-9-20-11)21-18(24)14-4-6-16(7-5-14)23-13(3)17(19)12(2)22-23/h4-10H,1-3H3,(H,20,21,24). The van der Waals surface area contributed by atoms with Crippen LogP contribution in [0.2, 0.25) is 0 Å². The lowest BCUT2D eigenvalue weighted by atomic mass is 10.2. The molecule has 0 spiro atoms. The molecule has 24 heavy (non-hydrogen) atoms. The van der Waals surface area contributed by atoms with Crippen molar-refractivity contribution >= 4 is 27.5 Å². The number of anilines is 1. The molecule has 2 heterocycles. The molecule has 2 aromatic heterocycles. The largest absolute Gasteiger partial charge is 0.322 e. The number of pyridine rings is 1. The maximum Gasteiger partial charge on any atom is 0.255 e. The lowest BCUT2D eigenvalue weighted by Crippen LogP contribution is -2.12. The fourth-order valence-electron chi connectivity index (χ4n) is 2.46. The van der Waals surface area contributed by atoms with Gasteiger partial charge in [0.15, 0.2) is 0 Å². The van der Waals surface area contributed by atoms with Gasteiger partial charge in [0.25, 0.3) is 5.91 Å². The lowest BCUT2D eigenvalue weighted by molar-refractivity contribution is 0.102. The highest BCUT2D eigenvalue weighted by Gasteiger charge is 2.11. The van der Waals surface area contributed by atoms with Crippen molar-refractivity contribution in [3.63, 3.8) is 0 Å². The quantitative estimate of drug-likeness (QED) is 0.735. The molecule has 6 heteroatoms.